The van der Waals surface area contributed by atoms with Crippen LogP contribution >= 0.6 is 0 Å². The summed E-state index contributed by atoms with van der Waals surface area (Å²) in [4.78, 5) is 38.0. The van der Waals surface area contributed by atoms with Crippen molar-refractivity contribution in [2.24, 2.45) is 0 Å². The Labute approximate surface area is 395 Å². The average molecular weight is 891 g/mol. The quantitative estimate of drug-likeness (QED) is 0.0262. The van der Waals surface area contributed by atoms with Crippen LogP contribution in [-0.2, 0) is 28.6 Å². The Hall–Kier alpha value is -3.41. The highest BCUT2D eigenvalue weighted by molar-refractivity contribution is 5.71. The molecule has 0 amide bonds. The number of esters is 3. The molecule has 6 heteroatoms. The maximum atomic E-state index is 12.8. The zero-order chi connectivity index (χ0) is 46.5. The van der Waals surface area contributed by atoms with Gasteiger partial charge in [0.25, 0.3) is 0 Å². The number of carbonyl (C=O) groups is 3. The Morgan fingerprint density at radius 2 is 0.641 bits per heavy atom. The molecule has 0 rings (SSSR count). The van der Waals surface area contributed by atoms with Crippen LogP contribution in [-0.4, -0.2) is 37.2 Å². The van der Waals surface area contributed by atoms with Gasteiger partial charge in [0.05, 0.1) is 0 Å². The van der Waals surface area contributed by atoms with Crippen molar-refractivity contribution in [1.29, 1.82) is 0 Å². The van der Waals surface area contributed by atoms with E-state index >= 15 is 0 Å². The SMILES string of the molecule is CC/C=C\C/C=C\C/C=C\CCCCCCCCCC(=O)OCC(COC(=O)CCCCCCC/C=C\C/C=C\CCC)OC(=O)CCCCCCC/C=C\C/C=C\CCCCCC. The summed E-state index contributed by atoms with van der Waals surface area (Å²) in [6, 6.07) is 0. The van der Waals surface area contributed by atoms with Crippen molar-refractivity contribution in [2.45, 2.75) is 252 Å². The van der Waals surface area contributed by atoms with Crippen LogP contribution in [0.2, 0.25) is 0 Å². The molecule has 0 aliphatic heterocycles. The minimum atomic E-state index is -0.794. The molecular formula is C58H98O6. The molecule has 0 aromatic heterocycles. The average Bonchev–Trinajstić information content (AvgIpc) is 3.29. The van der Waals surface area contributed by atoms with Gasteiger partial charge in [-0.2, -0.15) is 0 Å². The molecule has 0 saturated carbocycles. The van der Waals surface area contributed by atoms with Gasteiger partial charge < -0.3 is 14.2 Å². The predicted molar refractivity (Wildman–Crippen MR) is 274 cm³/mol. The molecule has 6 nitrogen and oxygen atoms in total. The Bertz CT molecular complexity index is 1250. The van der Waals surface area contributed by atoms with Crippen LogP contribution in [0.25, 0.3) is 0 Å². The standard InChI is InChI=1S/C58H98O6/c1-4-7-10-13-16-19-22-25-27-29-31-33-36-39-42-45-48-51-57(60)63-54-55(53-62-56(59)50-47-44-41-38-35-32-24-21-18-15-12-9-6-3)64-58(61)52-49-46-43-40-37-34-30-28-26-23-20-17-14-11-8-5-2/h7,10,12,15-16,19-21,23-25,27-28,30,55H,4-6,8-9,11,13-14,17-18,22,26,29,31-54H2,1-3H3/b10-7-,15-12-,19-16-,23-20-,24-21-,27-25-,30-28-. The first-order valence-corrected chi connectivity index (χ1v) is 26.6. The molecule has 0 aliphatic rings. The summed E-state index contributed by atoms with van der Waals surface area (Å²) in [6.07, 6.45) is 67.0. The smallest absolute Gasteiger partial charge is 0.306 e. The van der Waals surface area contributed by atoms with E-state index in [-0.39, 0.29) is 31.1 Å². The molecule has 64 heavy (non-hydrogen) atoms. The van der Waals surface area contributed by atoms with Crippen molar-refractivity contribution in [3.63, 3.8) is 0 Å². The molecule has 0 spiro atoms. The second-order valence-electron chi connectivity index (χ2n) is 17.4. The van der Waals surface area contributed by atoms with E-state index in [0.29, 0.717) is 19.3 Å². The Balaban J connectivity index is 4.44. The van der Waals surface area contributed by atoms with Crippen molar-refractivity contribution in [3.8, 4) is 0 Å². The Morgan fingerprint density at radius 3 is 1.02 bits per heavy atom. The molecule has 366 valence electrons. The fourth-order valence-electron chi connectivity index (χ4n) is 7.11. The van der Waals surface area contributed by atoms with Crippen LogP contribution in [0.15, 0.2) is 85.1 Å². The second kappa shape index (κ2) is 52.2. The number of ether oxygens (including phenoxy) is 3. The van der Waals surface area contributed by atoms with E-state index in [1.807, 2.05) is 0 Å². The van der Waals surface area contributed by atoms with Gasteiger partial charge in [0, 0.05) is 19.3 Å². The van der Waals surface area contributed by atoms with Gasteiger partial charge in [-0.25, -0.2) is 0 Å². The third-order valence-corrected chi connectivity index (χ3v) is 11.1. The molecule has 0 aromatic carbocycles. The lowest BCUT2D eigenvalue weighted by molar-refractivity contribution is -0.167. The van der Waals surface area contributed by atoms with E-state index < -0.39 is 6.10 Å². The van der Waals surface area contributed by atoms with E-state index in [1.165, 1.54) is 64.2 Å². The summed E-state index contributed by atoms with van der Waals surface area (Å²) in [6.45, 7) is 6.41. The minimum Gasteiger partial charge on any atom is -0.462 e. The van der Waals surface area contributed by atoms with Gasteiger partial charge in [0.15, 0.2) is 6.10 Å². The molecular weight excluding hydrogens is 793 g/mol. The molecule has 0 fully saturated rings. The highest BCUT2D eigenvalue weighted by Crippen LogP contribution is 2.14. The van der Waals surface area contributed by atoms with Crippen molar-refractivity contribution in [3.05, 3.63) is 85.1 Å². The lowest BCUT2D eigenvalue weighted by Crippen LogP contribution is -2.30. The number of hydrogen-bond acceptors (Lipinski definition) is 6. The van der Waals surface area contributed by atoms with Crippen LogP contribution in [0.1, 0.15) is 245 Å². The first-order chi connectivity index (χ1) is 31.5. The summed E-state index contributed by atoms with van der Waals surface area (Å²) < 4.78 is 16.8. The van der Waals surface area contributed by atoms with Gasteiger partial charge in [-0.15, -0.1) is 0 Å². The van der Waals surface area contributed by atoms with Crippen LogP contribution in [0.4, 0.5) is 0 Å². The summed E-state index contributed by atoms with van der Waals surface area (Å²) >= 11 is 0. The lowest BCUT2D eigenvalue weighted by atomic mass is 10.1. The predicted octanol–water partition coefficient (Wildman–Crippen LogP) is 17.6. The Kier molecular flexibility index (Phi) is 49.4. The molecule has 0 aliphatic carbocycles. The summed E-state index contributed by atoms with van der Waals surface area (Å²) in [7, 11) is 0. The van der Waals surface area contributed by atoms with E-state index in [2.05, 4.69) is 106 Å². The zero-order valence-electron chi connectivity index (χ0n) is 41.8. The van der Waals surface area contributed by atoms with Gasteiger partial charge in [-0.3, -0.25) is 14.4 Å². The molecule has 1 atom stereocenters. The van der Waals surface area contributed by atoms with Crippen molar-refractivity contribution >= 4 is 17.9 Å². The summed E-state index contributed by atoms with van der Waals surface area (Å²) in [5.74, 6) is -0.929. The molecule has 0 saturated heterocycles. The van der Waals surface area contributed by atoms with E-state index in [1.54, 1.807) is 0 Å². The van der Waals surface area contributed by atoms with E-state index in [9.17, 15) is 14.4 Å². The maximum absolute atomic E-state index is 12.8. The van der Waals surface area contributed by atoms with Crippen molar-refractivity contribution in [2.75, 3.05) is 13.2 Å². The molecule has 0 heterocycles. The first-order valence-electron chi connectivity index (χ1n) is 26.6. The molecule has 0 aromatic rings. The first kappa shape index (κ1) is 60.6. The number of rotatable bonds is 47. The minimum absolute atomic E-state index is 0.0926. The van der Waals surface area contributed by atoms with Gasteiger partial charge in [0.1, 0.15) is 13.2 Å². The highest BCUT2D eigenvalue weighted by atomic mass is 16.6. The largest absolute Gasteiger partial charge is 0.462 e. The van der Waals surface area contributed by atoms with Crippen LogP contribution in [0.5, 0.6) is 0 Å². The zero-order valence-corrected chi connectivity index (χ0v) is 41.8. The fourth-order valence-corrected chi connectivity index (χ4v) is 7.11. The van der Waals surface area contributed by atoms with E-state index in [4.69, 9.17) is 14.2 Å². The summed E-state index contributed by atoms with van der Waals surface area (Å²) in [5, 5.41) is 0. The van der Waals surface area contributed by atoms with Crippen LogP contribution < -0.4 is 0 Å². The van der Waals surface area contributed by atoms with Crippen molar-refractivity contribution in [1.82, 2.24) is 0 Å². The van der Waals surface area contributed by atoms with Crippen LogP contribution in [0, 0.1) is 0 Å². The molecule has 0 bridgehead atoms. The van der Waals surface area contributed by atoms with Gasteiger partial charge in [-0.05, 0) is 109 Å². The highest BCUT2D eigenvalue weighted by Gasteiger charge is 2.19. The normalized spacial score (nSPS) is 12.7. The lowest BCUT2D eigenvalue weighted by Gasteiger charge is -2.18. The molecule has 1 unspecified atom stereocenters. The maximum Gasteiger partial charge on any atom is 0.306 e. The number of hydrogen-bond donors (Lipinski definition) is 0. The number of allylic oxidation sites excluding steroid dienone is 14. The summed E-state index contributed by atoms with van der Waals surface area (Å²) in [5.41, 5.74) is 0. The van der Waals surface area contributed by atoms with Gasteiger partial charge in [-0.1, -0.05) is 202 Å². The van der Waals surface area contributed by atoms with Crippen molar-refractivity contribution < 1.29 is 28.6 Å². The monoisotopic (exact) mass is 891 g/mol. The number of unbranched alkanes of at least 4 members (excludes halogenated alkanes) is 22. The second-order valence-corrected chi connectivity index (χ2v) is 17.4. The topological polar surface area (TPSA) is 78.9 Å². The fraction of sp³-hybridized carbons (Fsp3) is 0.707. The third-order valence-electron chi connectivity index (χ3n) is 11.1. The third kappa shape index (κ3) is 49.6. The number of carbonyl (C=O) groups excluding carboxylic acids is 3. The van der Waals surface area contributed by atoms with Gasteiger partial charge in [0.2, 0.25) is 0 Å². The molecule has 0 N–H and O–H groups in total. The molecule has 0 radical (unpaired) electrons. The van der Waals surface area contributed by atoms with Gasteiger partial charge >= 0.3 is 17.9 Å². The van der Waals surface area contributed by atoms with E-state index in [0.717, 1.165) is 141 Å². The Morgan fingerprint density at radius 1 is 0.328 bits per heavy atom. The van der Waals surface area contributed by atoms with Crippen LogP contribution in [0.3, 0.4) is 0 Å².